The third-order valence-electron chi connectivity index (χ3n) is 3.44. The molecular weight excluding hydrogens is 326 g/mol. The van der Waals surface area contributed by atoms with Gasteiger partial charge in [0.25, 0.3) is 0 Å². The van der Waals surface area contributed by atoms with Crippen molar-refractivity contribution in [3.8, 4) is 17.2 Å². The Bertz CT molecular complexity index is 777. The molecule has 2 rings (SSSR count). The summed E-state index contributed by atoms with van der Waals surface area (Å²) in [5.74, 6) is 1.50. The first-order valence-electron chi connectivity index (χ1n) is 7.38. The third-order valence-corrected chi connectivity index (χ3v) is 3.44. The Morgan fingerprint density at radius 2 is 1.72 bits per heavy atom. The highest BCUT2D eigenvalue weighted by atomic mass is 16.6. The Morgan fingerprint density at radius 3 is 2.36 bits per heavy atom. The van der Waals surface area contributed by atoms with Crippen LogP contribution in [0.25, 0.3) is 0 Å². The van der Waals surface area contributed by atoms with Crippen molar-refractivity contribution in [1.82, 2.24) is 5.43 Å². The van der Waals surface area contributed by atoms with Gasteiger partial charge in [0.2, 0.25) is 0 Å². The van der Waals surface area contributed by atoms with E-state index in [0.717, 1.165) is 5.56 Å². The Morgan fingerprint density at radius 1 is 1.04 bits per heavy atom. The number of hydrogen-bond donors (Lipinski definition) is 1. The number of nitro benzene ring substituents is 1. The minimum atomic E-state index is -0.493. The maximum Gasteiger partial charge on any atom is 0.311 e. The number of rotatable bonds is 8. The molecule has 25 heavy (non-hydrogen) atoms. The van der Waals surface area contributed by atoms with Crippen molar-refractivity contribution in [2.75, 3.05) is 21.3 Å². The van der Waals surface area contributed by atoms with Crippen LogP contribution in [0.5, 0.6) is 17.2 Å². The molecule has 0 bridgehead atoms. The van der Waals surface area contributed by atoms with Gasteiger partial charge in [0.15, 0.2) is 17.2 Å². The van der Waals surface area contributed by atoms with E-state index in [-0.39, 0.29) is 11.4 Å². The first kappa shape index (κ1) is 18.1. The lowest BCUT2D eigenvalue weighted by atomic mass is 10.2. The minimum Gasteiger partial charge on any atom is -0.493 e. The number of nitrogens with one attached hydrogen (secondary N) is 1. The van der Waals surface area contributed by atoms with Crippen molar-refractivity contribution in [2.45, 2.75) is 6.54 Å². The standard InChI is InChI=1S/C17H19N3O5/c1-23-15-6-4-12(8-14(15)20(21)22)10-18-19-11-13-5-7-16(24-2)17(9-13)25-3/h4-10,19H,11H2,1-3H3/b18-10+. The Hall–Kier alpha value is -3.29. The fourth-order valence-corrected chi connectivity index (χ4v) is 2.18. The first-order valence-corrected chi connectivity index (χ1v) is 7.38. The summed E-state index contributed by atoms with van der Waals surface area (Å²) in [4.78, 5) is 10.5. The fraction of sp³-hybridized carbons (Fsp3) is 0.235. The maximum absolute atomic E-state index is 11.0. The van der Waals surface area contributed by atoms with Gasteiger partial charge in [-0.3, -0.25) is 10.1 Å². The van der Waals surface area contributed by atoms with Crippen LogP contribution in [0.2, 0.25) is 0 Å². The fourth-order valence-electron chi connectivity index (χ4n) is 2.18. The number of benzene rings is 2. The molecule has 0 aliphatic carbocycles. The average molecular weight is 345 g/mol. The molecule has 8 nitrogen and oxygen atoms in total. The van der Waals surface area contributed by atoms with E-state index in [1.54, 1.807) is 20.3 Å². The average Bonchev–Trinajstić information content (AvgIpc) is 2.64. The van der Waals surface area contributed by atoms with Gasteiger partial charge < -0.3 is 19.6 Å². The molecule has 0 radical (unpaired) electrons. The lowest BCUT2D eigenvalue weighted by Gasteiger charge is -2.09. The summed E-state index contributed by atoms with van der Waals surface area (Å²) in [5.41, 5.74) is 4.33. The van der Waals surface area contributed by atoms with E-state index < -0.39 is 4.92 Å². The second-order valence-electron chi connectivity index (χ2n) is 4.97. The van der Waals surface area contributed by atoms with E-state index in [2.05, 4.69) is 10.5 Å². The second-order valence-corrected chi connectivity index (χ2v) is 4.97. The smallest absolute Gasteiger partial charge is 0.311 e. The minimum absolute atomic E-state index is 0.105. The predicted octanol–water partition coefficient (Wildman–Crippen LogP) is 2.74. The van der Waals surface area contributed by atoms with Crippen LogP contribution >= 0.6 is 0 Å². The number of hydrogen-bond acceptors (Lipinski definition) is 7. The second kappa shape index (κ2) is 8.53. The predicted molar refractivity (Wildman–Crippen MR) is 93.6 cm³/mol. The quantitative estimate of drug-likeness (QED) is 0.449. The van der Waals surface area contributed by atoms with Crippen molar-refractivity contribution in [3.05, 3.63) is 57.6 Å². The van der Waals surface area contributed by atoms with Crippen molar-refractivity contribution in [3.63, 3.8) is 0 Å². The monoisotopic (exact) mass is 345 g/mol. The molecule has 0 atom stereocenters. The van der Waals surface area contributed by atoms with Gasteiger partial charge >= 0.3 is 5.69 Å². The number of nitrogens with zero attached hydrogens (tertiary/aromatic N) is 2. The highest BCUT2D eigenvalue weighted by Gasteiger charge is 2.14. The third kappa shape index (κ3) is 4.60. The summed E-state index contributed by atoms with van der Waals surface area (Å²) < 4.78 is 15.4. The van der Waals surface area contributed by atoms with Gasteiger partial charge in [0.1, 0.15) is 0 Å². The van der Waals surface area contributed by atoms with E-state index in [1.165, 1.54) is 25.5 Å². The highest BCUT2D eigenvalue weighted by molar-refractivity contribution is 5.81. The molecule has 0 spiro atoms. The van der Waals surface area contributed by atoms with Crippen LogP contribution in [0.15, 0.2) is 41.5 Å². The maximum atomic E-state index is 11.0. The lowest BCUT2D eigenvalue weighted by Crippen LogP contribution is -2.06. The Labute approximate surface area is 145 Å². The molecule has 0 aliphatic heterocycles. The van der Waals surface area contributed by atoms with Gasteiger partial charge in [-0.1, -0.05) is 6.07 Å². The van der Waals surface area contributed by atoms with Gasteiger partial charge in [-0.2, -0.15) is 5.10 Å². The summed E-state index contributed by atoms with van der Waals surface area (Å²) in [5, 5.41) is 15.1. The molecule has 0 unspecified atom stereocenters. The zero-order valence-corrected chi connectivity index (χ0v) is 14.2. The molecule has 0 saturated carbocycles. The van der Waals surface area contributed by atoms with E-state index in [1.807, 2.05) is 18.2 Å². The van der Waals surface area contributed by atoms with E-state index in [9.17, 15) is 10.1 Å². The zero-order chi connectivity index (χ0) is 18.2. The van der Waals surface area contributed by atoms with Crippen molar-refractivity contribution in [1.29, 1.82) is 0 Å². The van der Waals surface area contributed by atoms with Gasteiger partial charge in [-0.15, -0.1) is 0 Å². The Balaban J connectivity index is 2.02. The number of nitro groups is 1. The van der Waals surface area contributed by atoms with Crippen LogP contribution in [-0.4, -0.2) is 32.5 Å². The van der Waals surface area contributed by atoms with Crippen molar-refractivity contribution in [2.24, 2.45) is 5.10 Å². The summed E-state index contributed by atoms with van der Waals surface area (Å²) in [7, 11) is 4.54. The number of methoxy groups -OCH3 is 3. The first-order chi connectivity index (χ1) is 12.1. The molecule has 2 aromatic rings. The normalized spacial score (nSPS) is 10.5. The molecule has 0 aromatic heterocycles. The van der Waals surface area contributed by atoms with Crippen LogP contribution in [0.3, 0.4) is 0 Å². The molecule has 132 valence electrons. The summed E-state index contributed by atoms with van der Waals surface area (Å²) in [6.45, 7) is 0.467. The zero-order valence-electron chi connectivity index (χ0n) is 14.2. The largest absolute Gasteiger partial charge is 0.493 e. The van der Waals surface area contributed by atoms with Crippen LogP contribution in [0, 0.1) is 10.1 Å². The molecule has 2 aromatic carbocycles. The van der Waals surface area contributed by atoms with Crippen molar-refractivity contribution < 1.29 is 19.1 Å². The number of hydrazone groups is 1. The molecule has 0 amide bonds. The van der Waals surface area contributed by atoms with Crippen LogP contribution in [0.1, 0.15) is 11.1 Å². The van der Waals surface area contributed by atoms with Crippen molar-refractivity contribution >= 4 is 11.9 Å². The topological polar surface area (TPSA) is 95.2 Å². The van der Waals surface area contributed by atoms with E-state index in [4.69, 9.17) is 14.2 Å². The van der Waals surface area contributed by atoms with Gasteiger partial charge in [0.05, 0.1) is 39.0 Å². The molecule has 0 fully saturated rings. The van der Waals surface area contributed by atoms with Crippen LogP contribution in [-0.2, 0) is 6.54 Å². The summed E-state index contributed by atoms with van der Waals surface area (Å²) >= 11 is 0. The van der Waals surface area contributed by atoms with Crippen LogP contribution in [0.4, 0.5) is 5.69 Å². The molecule has 0 saturated heterocycles. The van der Waals surface area contributed by atoms with Crippen LogP contribution < -0.4 is 19.6 Å². The highest BCUT2D eigenvalue weighted by Crippen LogP contribution is 2.28. The van der Waals surface area contributed by atoms with Gasteiger partial charge in [-0.05, 0) is 29.8 Å². The SMILES string of the molecule is COc1ccc(CN/N=C/c2ccc(OC)c([N+](=O)[O-])c2)cc1OC. The molecule has 1 N–H and O–H groups in total. The Kier molecular flexibility index (Phi) is 6.16. The number of ether oxygens (including phenoxy) is 3. The van der Waals surface area contributed by atoms with E-state index in [0.29, 0.717) is 23.6 Å². The van der Waals surface area contributed by atoms with Gasteiger partial charge in [-0.25, -0.2) is 0 Å². The molecule has 0 aliphatic rings. The van der Waals surface area contributed by atoms with Gasteiger partial charge in [0, 0.05) is 11.6 Å². The lowest BCUT2D eigenvalue weighted by molar-refractivity contribution is -0.385. The molecule has 0 heterocycles. The molecular formula is C17H19N3O5. The van der Waals surface area contributed by atoms with E-state index >= 15 is 0 Å². The summed E-state index contributed by atoms with van der Waals surface area (Å²) in [6.07, 6.45) is 1.51. The molecule has 8 heteroatoms. The summed E-state index contributed by atoms with van der Waals surface area (Å²) in [6, 6.07) is 10.2.